The van der Waals surface area contributed by atoms with E-state index >= 15 is 0 Å². The van der Waals surface area contributed by atoms with E-state index < -0.39 is 15.9 Å². The first-order valence-corrected chi connectivity index (χ1v) is 8.50. The van der Waals surface area contributed by atoms with Crippen LogP contribution in [0, 0.1) is 17.8 Å². The van der Waals surface area contributed by atoms with Crippen LogP contribution in [0.4, 0.5) is 0 Å². The Balaban J connectivity index is 2.92. The second-order valence-electron chi connectivity index (χ2n) is 6.04. The SMILES string of the molecule is CC(C)C(CNS(=O)(=O)c1cc(C(N)=O)n(C)c1)C(C)C. The summed E-state index contributed by atoms with van der Waals surface area (Å²) in [6.07, 6.45) is 1.39. The molecular weight excluding hydrogens is 290 g/mol. The highest BCUT2D eigenvalue weighted by Crippen LogP contribution is 2.21. The molecule has 0 bridgehead atoms. The summed E-state index contributed by atoms with van der Waals surface area (Å²) in [6, 6.07) is 1.30. The van der Waals surface area contributed by atoms with Gasteiger partial charge in [-0.3, -0.25) is 4.79 Å². The fourth-order valence-corrected chi connectivity index (χ4v) is 3.60. The standard InChI is InChI=1S/C14H25N3O3S/c1-9(2)12(10(3)4)7-16-21(19,20)11-6-13(14(15)18)17(5)8-11/h6,8-10,12,16H,7H2,1-5H3,(H2,15,18). The van der Waals surface area contributed by atoms with Crippen LogP contribution in [-0.2, 0) is 17.1 Å². The van der Waals surface area contributed by atoms with Gasteiger partial charge in [-0.15, -0.1) is 0 Å². The second kappa shape index (κ2) is 6.62. The molecule has 0 fully saturated rings. The number of nitrogens with one attached hydrogen (secondary N) is 1. The summed E-state index contributed by atoms with van der Waals surface area (Å²) in [5.41, 5.74) is 5.36. The van der Waals surface area contributed by atoms with Gasteiger partial charge in [-0.05, 0) is 23.8 Å². The predicted molar refractivity (Wildman–Crippen MR) is 82.3 cm³/mol. The first-order chi connectivity index (χ1) is 9.56. The van der Waals surface area contributed by atoms with Gasteiger partial charge in [-0.25, -0.2) is 13.1 Å². The quantitative estimate of drug-likeness (QED) is 0.794. The zero-order chi connectivity index (χ0) is 16.4. The van der Waals surface area contributed by atoms with Gasteiger partial charge in [0.2, 0.25) is 10.0 Å². The Labute approximate surface area is 126 Å². The summed E-state index contributed by atoms with van der Waals surface area (Å²) in [4.78, 5) is 11.3. The zero-order valence-corrected chi connectivity index (χ0v) is 14.1. The van der Waals surface area contributed by atoms with E-state index in [1.54, 1.807) is 7.05 Å². The smallest absolute Gasteiger partial charge is 0.265 e. The lowest BCUT2D eigenvalue weighted by Gasteiger charge is -2.24. The van der Waals surface area contributed by atoms with Gasteiger partial charge in [-0.1, -0.05) is 27.7 Å². The fraction of sp³-hybridized carbons (Fsp3) is 0.643. The molecule has 6 nitrogen and oxygen atoms in total. The average molecular weight is 315 g/mol. The predicted octanol–water partition coefficient (Wildman–Crippen LogP) is 1.33. The number of carbonyl (C=O) groups excluding carboxylic acids is 1. The van der Waals surface area contributed by atoms with E-state index in [4.69, 9.17) is 5.73 Å². The van der Waals surface area contributed by atoms with Gasteiger partial charge in [-0.2, -0.15) is 0 Å². The van der Waals surface area contributed by atoms with Crippen LogP contribution in [0.5, 0.6) is 0 Å². The molecule has 0 saturated carbocycles. The third kappa shape index (κ3) is 4.31. The molecule has 0 aliphatic carbocycles. The van der Waals surface area contributed by atoms with Gasteiger partial charge in [0.25, 0.3) is 5.91 Å². The van der Waals surface area contributed by atoms with Crippen LogP contribution in [0.15, 0.2) is 17.2 Å². The molecule has 0 aromatic carbocycles. The molecule has 0 spiro atoms. The molecule has 1 amide bonds. The number of carbonyl (C=O) groups is 1. The number of nitrogens with two attached hydrogens (primary N) is 1. The Hall–Kier alpha value is -1.34. The first-order valence-electron chi connectivity index (χ1n) is 7.02. The van der Waals surface area contributed by atoms with E-state index in [9.17, 15) is 13.2 Å². The van der Waals surface area contributed by atoms with Crippen LogP contribution in [0.25, 0.3) is 0 Å². The molecule has 0 atom stereocenters. The van der Waals surface area contributed by atoms with Crippen molar-refractivity contribution in [2.75, 3.05) is 6.54 Å². The summed E-state index contributed by atoms with van der Waals surface area (Å²) < 4.78 is 28.6. The average Bonchev–Trinajstić information content (AvgIpc) is 2.71. The summed E-state index contributed by atoms with van der Waals surface area (Å²) in [6.45, 7) is 8.68. The number of primary amides is 1. The van der Waals surface area contributed by atoms with Crippen LogP contribution in [-0.4, -0.2) is 25.4 Å². The van der Waals surface area contributed by atoms with Crippen LogP contribution in [0.1, 0.15) is 38.2 Å². The van der Waals surface area contributed by atoms with Crippen LogP contribution < -0.4 is 10.5 Å². The molecule has 3 N–H and O–H groups in total. The number of hydrogen-bond donors (Lipinski definition) is 2. The summed E-state index contributed by atoms with van der Waals surface area (Å²) in [5.74, 6) is 0.356. The third-order valence-corrected chi connectivity index (χ3v) is 5.15. The Bertz CT molecular complexity index is 595. The highest BCUT2D eigenvalue weighted by molar-refractivity contribution is 7.89. The minimum atomic E-state index is -3.64. The van der Waals surface area contributed by atoms with Crippen molar-refractivity contribution in [1.82, 2.24) is 9.29 Å². The Morgan fingerprint density at radius 1 is 1.29 bits per heavy atom. The maximum atomic E-state index is 12.3. The third-order valence-electron chi connectivity index (χ3n) is 3.76. The van der Waals surface area contributed by atoms with Crippen molar-refractivity contribution in [3.63, 3.8) is 0 Å². The largest absolute Gasteiger partial charge is 0.364 e. The molecule has 0 radical (unpaired) electrons. The Kier molecular flexibility index (Phi) is 5.58. The van der Waals surface area contributed by atoms with Crippen LogP contribution in [0.3, 0.4) is 0 Å². The number of sulfonamides is 1. The van der Waals surface area contributed by atoms with Gasteiger partial charge in [0.05, 0.1) is 0 Å². The molecule has 21 heavy (non-hydrogen) atoms. The lowest BCUT2D eigenvalue weighted by atomic mass is 9.86. The van der Waals surface area contributed by atoms with Crippen molar-refractivity contribution in [1.29, 1.82) is 0 Å². The van der Waals surface area contributed by atoms with Gasteiger partial charge < -0.3 is 10.3 Å². The van der Waals surface area contributed by atoms with Gasteiger partial charge >= 0.3 is 0 Å². The van der Waals surface area contributed by atoms with Crippen molar-refractivity contribution in [3.8, 4) is 0 Å². The molecule has 0 unspecified atom stereocenters. The minimum Gasteiger partial charge on any atom is -0.364 e. The topological polar surface area (TPSA) is 94.2 Å². The van der Waals surface area contributed by atoms with E-state index in [1.165, 1.54) is 16.8 Å². The van der Waals surface area contributed by atoms with Crippen molar-refractivity contribution >= 4 is 15.9 Å². The highest BCUT2D eigenvalue weighted by atomic mass is 32.2. The molecule has 0 saturated heterocycles. The summed E-state index contributed by atoms with van der Waals surface area (Å²) >= 11 is 0. The lowest BCUT2D eigenvalue weighted by Crippen LogP contribution is -2.33. The minimum absolute atomic E-state index is 0.0602. The number of rotatable bonds is 7. The normalized spacial score (nSPS) is 12.6. The molecule has 120 valence electrons. The van der Waals surface area contributed by atoms with Crippen molar-refractivity contribution in [3.05, 3.63) is 18.0 Å². The van der Waals surface area contributed by atoms with Crippen molar-refractivity contribution in [2.45, 2.75) is 32.6 Å². The Morgan fingerprint density at radius 2 is 1.81 bits per heavy atom. The fourth-order valence-electron chi connectivity index (χ4n) is 2.46. The molecule has 1 aromatic rings. The van der Waals surface area contributed by atoms with Gasteiger partial charge in [0.1, 0.15) is 10.6 Å². The number of hydrogen-bond acceptors (Lipinski definition) is 3. The molecule has 1 aromatic heterocycles. The number of aryl methyl sites for hydroxylation is 1. The monoisotopic (exact) mass is 315 g/mol. The maximum absolute atomic E-state index is 12.3. The summed E-state index contributed by atoms with van der Waals surface area (Å²) in [7, 11) is -2.05. The van der Waals surface area contributed by atoms with Gasteiger partial charge in [0, 0.05) is 19.8 Å². The molecule has 0 aliphatic rings. The van der Waals surface area contributed by atoms with E-state index in [1.807, 2.05) is 0 Å². The lowest BCUT2D eigenvalue weighted by molar-refractivity contribution is 0.0992. The number of nitrogens with zero attached hydrogens (tertiary/aromatic N) is 1. The zero-order valence-electron chi connectivity index (χ0n) is 13.3. The number of aromatic nitrogens is 1. The molecule has 1 heterocycles. The molecule has 0 aliphatic heterocycles. The van der Waals surface area contributed by atoms with Crippen molar-refractivity contribution in [2.24, 2.45) is 30.5 Å². The first kappa shape index (κ1) is 17.7. The summed E-state index contributed by atoms with van der Waals surface area (Å²) in [5, 5.41) is 0. The van der Waals surface area contributed by atoms with E-state index in [2.05, 4.69) is 32.4 Å². The molecular formula is C14H25N3O3S. The molecule has 7 heteroatoms. The van der Waals surface area contributed by atoms with E-state index in [-0.39, 0.29) is 16.5 Å². The Morgan fingerprint density at radius 3 is 2.19 bits per heavy atom. The van der Waals surface area contributed by atoms with Gasteiger partial charge in [0.15, 0.2) is 0 Å². The van der Waals surface area contributed by atoms with Crippen LogP contribution in [0.2, 0.25) is 0 Å². The van der Waals surface area contributed by atoms with E-state index in [0.29, 0.717) is 18.4 Å². The molecule has 1 rings (SSSR count). The maximum Gasteiger partial charge on any atom is 0.265 e. The number of amides is 1. The van der Waals surface area contributed by atoms with E-state index in [0.717, 1.165) is 0 Å². The highest BCUT2D eigenvalue weighted by Gasteiger charge is 2.23. The van der Waals surface area contributed by atoms with Crippen molar-refractivity contribution < 1.29 is 13.2 Å². The van der Waals surface area contributed by atoms with Crippen LogP contribution >= 0.6 is 0 Å². The second-order valence-corrected chi connectivity index (χ2v) is 7.81.